The summed E-state index contributed by atoms with van der Waals surface area (Å²) < 4.78 is 11.2. The van der Waals surface area contributed by atoms with Crippen molar-refractivity contribution in [2.75, 3.05) is 43.2 Å². The highest BCUT2D eigenvalue weighted by atomic mass is 16.5. The Morgan fingerprint density at radius 3 is 2.64 bits per heavy atom. The van der Waals surface area contributed by atoms with Crippen LogP contribution in [-0.4, -0.2) is 68.8 Å². The molecule has 2 aliphatic heterocycles. The molecule has 0 spiro atoms. The average molecular weight is 501 g/mol. The van der Waals surface area contributed by atoms with Crippen molar-refractivity contribution >= 4 is 29.1 Å². The maximum Gasteiger partial charge on any atom is 0.270 e. The first-order valence-corrected chi connectivity index (χ1v) is 13.1. The van der Waals surface area contributed by atoms with Gasteiger partial charge in [-0.1, -0.05) is 0 Å². The van der Waals surface area contributed by atoms with Gasteiger partial charge in [0.15, 0.2) is 5.60 Å². The van der Waals surface area contributed by atoms with Crippen molar-refractivity contribution in [1.82, 2.24) is 10.6 Å². The highest BCUT2D eigenvalue weighted by Crippen LogP contribution is 2.43. The molecule has 0 aromatic heterocycles. The number of carbonyl (C=O) groups is 3. The lowest BCUT2D eigenvalue weighted by molar-refractivity contribution is -0.132. The van der Waals surface area contributed by atoms with E-state index in [1.807, 2.05) is 36.9 Å². The van der Waals surface area contributed by atoms with Crippen LogP contribution in [0.15, 0.2) is 18.2 Å². The van der Waals surface area contributed by atoms with Gasteiger partial charge in [-0.05, 0) is 71.6 Å². The summed E-state index contributed by atoms with van der Waals surface area (Å²) in [5.74, 6) is 0.0296. The van der Waals surface area contributed by atoms with Gasteiger partial charge in [-0.15, -0.1) is 0 Å². The topological polar surface area (TPSA) is 100 Å². The molecule has 9 heteroatoms. The molecule has 2 atom stereocenters. The molecule has 1 aromatic rings. The van der Waals surface area contributed by atoms with Crippen LogP contribution in [0.1, 0.15) is 53.4 Å². The van der Waals surface area contributed by atoms with Crippen LogP contribution in [0.4, 0.5) is 11.4 Å². The van der Waals surface area contributed by atoms with E-state index in [9.17, 15) is 14.4 Å². The number of methoxy groups -OCH3 is 1. The molecule has 2 fully saturated rings. The van der Waals surface area contributed by atoms with Gasteiger partial charge < -0.3 is 29.9 Å². The van der Waals surface area contributed by atoms with E-state index in [0.717, 1.165) is 18.5 Å². The Morgan fingerprint density at radius 1 is 1.25 bits per heavy atom. The van der Waals surface area contributed by atoms with Crippen LogP contribution >= 0.6 is 0 Å². The Hall–Kier alpha value is -2.65. The van der Waals surface area contributed by atoms with Gasteiger partial charge in [-0.3, -0.25) is 14.4 Å². The molecule has 3 aliphatic rings. The standard InChI is InChI=1S/C27H40N4O5/c1-17(2)29-24(32)18-13-19(16-28-15-18)25(33)31(20-7-8-20)21-9-10-23-22(14-21)30(11-6-12-35-5)26(34)27(3,4)36-23/h9-10,14,17-20,28H,6-8,11-13,15-16H2,1-5H3,(H,29,32)/t18-,19+/m0/s1. The number of hydrogen-bond donors (Lipinski definition) is 2. The van der Waals surface area contributed by atoms with E-state index in [4.69, 9.17) is 9.47 Å². The third-order valence-corrected chi connectivity index (χ3v) is 7.02. The first kappa shape index (κ1) is 26.4. The number of hydrogen-bond acceptors (Lipinski definition) is 6. The molecule has 1 saturated heterocycles. The maximum absolute atomic E-state index is 13.8. The molecule has 1 aliphatic carbocycles. The molecule has 9 nitrogen and oxygen atoms in total. The molecular formula is C27H40N4O5. The predicted molar refractivity (Wildman–Crippen MR) is 138 cm³/mol. The van der Waals surface area contributed by atoms with E-state index >= 15 is 0 Å². The zero-order valence-corrected chi connectivity index (χ0v) is 22.1. The van der Waals surface area contributed by atoms with Crippen LogP contribution in [0.3, 0.4) is 0 Å². The SMILES string of the molecule is COCCCN1C(=O)C(C)(C)Oc2ccc(N(C(=O)[C@H]3CNC[C@@H](C(=O)NC(C)C)C3)C3CC3)cc21. The van der Waals surface area contributed by atoms with Crippen LogP contribution in [0.2, 0.25) is 0 Å². The largest absolute Gasteiger partial charge is 0.476 e. The van der Waals surface area contributed by atoms with Gasteiger partial charge in [0.05, 0.1) is 17.5 Å². The number of nitrogens with zero attached hydrogens (tertiary/aromatic N) is 2. The number of anilines is 2. The van der Waals surface area contributed by atoms with Crippen LogP contribution in [-0.2, 0) is 19.1 Å². The van der Waals surface area contributed by atoms with Crippen molar-refractivity contribution in [2.24, 2.45) is 11.8 Å². The number of rotatable bonds is 9. The maximum atomic E-state index is 13.8. The zero-order chi connectivity index (χ0) is 26.0. The Bertz CT molecular complexity index is 990. The quantitative estimate of drug-likeness (QED) is 0.506. The normalized spacial score (nSPS) is 23.2. The van der Waals surface area contributed by atoms with Crippen molar-refractivity contribution in [3.8, 4) is 5.75 Å². The highest BCUT2D eigenvalue weighted by molar-refractivity contribution is 6.04. The lowest BCUT2D eigenvalue weighted by Crippen LogP contribution is -2.53. The van der Waals surface area contributed by atoms with Gasteiger partial charge in [-0.2, -0.15) is 0 Å². The summed E-state index contributed by atoms with van der Waals surface area (Å²) in [6, 6.07) is 5.88. The molecule has 2 heterocycles. The number of fused-ring (bicyclic) bond motifs is 1. The van der Waals surface area contributed by atoms with E-state index < -0.39 is 5.60 Å². The van der Waals surface area contributed by atoms with Gasteiger partial charge in [-0.25, -0.2) is 0 Å². The van der Waals surface area contributed by atoms with Gasteiger partial charge in [0, 0.05) is 51.1 Å². The number of benzene rings is 1. The summed E-state index contributed by atoms with van der Waals surface area (Å²) in [4.78, 5) is 43.3. The Labute approximate surface area is 213 Å². The molecule has 36 heavy (non-hydrogen) atoms. The second-order valence-electron chi connectivity index (χ2n) is 11.0. The minimum Gasteiger partial charge on any atom is -0.476 e. The summed E-state index contributed by atoms with van der Waals surface area (Å²) in [5, 5.41) is 6.27. The second kappa shape index (κ2) is 10.8. The molecule has 0 bridgehead atoms. The van der Waals surface area contributed by atoms with E-state index in [-0.39, 0.29) is 41.6 Å². The summed E-state index contributed by atoms with van der Waals surface area (Å²) in [7, 11) is 1.65. The molecule has 198 valence electrons. The van der Waals surface area contributed by atoms with Crippen molar-refractivity contribution in [3.05, 3.63) is 18.2 Å². The van der Waals surface area contributed by atoms with Crippen molar-refractivity contribution in [2.45, 2.75) is 71.1 Å². The molecule has 1 saturated carbocycles. The van der Waals surface area contributed by atoms with E-state index in [0.29, 0.717) is 50.5 Å². The van der Waals surface area contributed by atoms with Crippen molar-refractivity contribution in [3.63, 3.8) is 0 Å². The third kappa shape index (κ3) is 5.67. The van der Waals surface area contributed by atoms with E-state index in [1.54, 1.807) is 25.9 Å². The molecule has 1 aromatic carbocycles. The number of carbonyl (C=O) groups excluding carboxylic acids is 3. The van der Waals surface area contributed by atoms with Crippen LogP contribution in [0.25, 0.3) is 0 Å². The Balaban J connectivity index is 1.58. The van der Waals surface area contributed by atoms with Crippen molar-refractivity contribution < 1.29 is 23.9 Å². The minimum absolute atomic E-state index is 0.00766. The number of amides is 3. The zero-order valence-electron chi connectivity index (χ0n) is 22.1. The molecule has 4 rings (SSSR count). The Kier molecular flexibility index (Phi) is 7.90. The lowest BCUT2D eigenvalue weighted by atomic mass is 9.88. The smallest absolute Gasteiger partial charge is 0.270 e. The molecule has 3 amide bonds. The fourth-order valence-electron chi connectivity index (χ4n) is 5.07. The summed E-state index contributed by atoms with van der Waals surface area (Å²) in [6.45, 7) is 9.62. The van der Waals surface area contributed by atoms with Crippen LogP contribution < -0.4 is 25.2 Å². The number of piperidine rings is 1. The van der Waals surface area contributed by atoms with E-state index in [2.05, 4.69) is 10.6 Å². The average Bonchev–Trinajstić information content (AvgIpc) is 3.66. The lowest BCUT2D eigenvalue weighted by Gasteiger charge is -2.39. The van der Waals surface area contributed by atoms with Crippen LogP contribution in [0.5, 0.6) is 5.75 Å². The highest BCUT2D eigenvalue weighted by Gasteiger charge is 2.43. The first-order valence-electron chi connectivity index (χ1n) is 13.1. The fourth-order valence-corrected chi connectivity index (χ4v) is 5.07. The van der Waals surface area contributed by atoms with Crippen molar-refractivity contribution in [1.29, 1.82) is 0 Å². The van der Waals surface area contributed by atoms with Gasteiger partial charge in [0.25, 0.3) is 5.91 Å². The minimum atomic E-state index is -0.965. The first-order chi connectivity index (χ1) is 17.1. The number of ether oxygens (including phenoxy) is 2. The number of nitrogens with one attached hydrogen (secondary N) is 2. The summed E-state index contributed by atoms with van der Waals surface area (Å²) >= 11 is 0. The molecule has 2 N–H and O–H groups in total. The van der Waals surface area contributed by atoms with Gasteiger partial charge >= 0.3 is 0 Å². The fraction of sp³-hybridized carbons (Fsp3) is 0.667. The molecular weight excluding hydrogens is 460 g/mol. The molecule has 0 unspecified atom stereocenters. The monoisotopic (exact) mass is 500 g/mol. The summed E-state index contributed by atoms with van der Waals surface area (Å²) in [6.07, 6.45) is 3.11. The van der Waals surface area contributed by atoms with Gasteiger partial charge in [0.2, 0.25) is 11.8 Å². The second-order valence-corrected chi connectivity index (χ2v) is 11.0. The predicted octanol–water partition coefficient (Wildman–Crippen LogP) is 2.47. The molecule has 0 radical (unpaired) electrons. The van der Waals surface area contributed by atoms with E-state index in [1.165, 1.54) is 0 Å². The Morgan fingerprint density at radius 2 is 1.97 bits per heavy atom. The summed E-state index contributed by atoms with van der Waals surface area (Å²) in [5.41, 5.74) is 0.484. The van der Waals surface area contributed by atoms with Gasteiger partial charge in [0.1, 0.15) is 5.75 Å². The van der Waals surface area contributed by atoms with Crippen LogP contribution in [0, 0.1) is 11.8 Å². The third-order valence-electron chi connectivity index (χ3n) is 7.02.